The predicted molar refractivity (Wildman–Crippen MR) is 148 cm³/mol. The summed E-state index contributed by atoms with van der Waals surface area (Å²) in [6.45, 7) is 0. The Morgan fingerprint density at radius 2 is 1.86 bits per heavy atom. The molecule has 0 amide bonds. The molecule has 4 nitrogen and oxygen atoms in total. The Balaban J connectivity index is 1.64. The van der Waals surface area contributed by atoms with Crippen LogP contribution in [0.15, 0.2) is 85.0 Å². The minimum absolute atomic E-state index is 0.0847. The molecule has 0 spiro atoms. The van der Waals surface area contributed by atoms with E-state index in [0.717, 1.165) is 39.7 Å². The summed E-state index contributed by atoms with van der Waals surface area (Å²) >= 11 is 14.4. The molecule has 1 N–H and O–H groups in total. The highest BCUT2D eigenvalue weighted by Crippen LogP contribution is 2.41. The van der Waals surface area contributed by atoms with Crippen LogP contribution in [-0.4, -0.2) is 9.67 Å². The van der Waals surface area contributed by atoms with Gasteiger partial charge >= 0.3 is 0 Å². The lowest BCUT2D eigenvalue weighted by atomic mass is 9.83. The zero-order chi connectivity index (χ0) is 24.3. The maximum atomic E-state index is 13.8. The van der Waals surface area contributed by atoms with Crippen LogP contribution in [0.2, 0.25) is 5.02 Å². The normalized spacial score (nSPS) is 17.0. The van der Waals surface area contributed by atoms with Crippen LogP contribution in [0.1, 0.15) is 34.7 Å². The van der Waals surface area contributed by atoms with E-state index in [0.29, 0.717) is 24.4 Å². The molecule has 1 aliphatic heterocycles. The number of hydrogen-bond acceptors (Lipinski definition) is 4. The van der Waals surface area contributed by atoms with Crippen LogP contribution in [0.25, 0.3) is 11.8 Å². The molecule has 2 heterocycles. The van der Waals surface area contributed by atoms with Crippen LogP contribution in [0.3, 0.4) is 0 Å². The van der Waals surface area contributed by atoms with E-state index in [1.54, 1.807) is 22.8 Å². The summed E-state index contributed by atoms with van der Waals surface area (Å²) in [4.78, 5) is 19.5. The minimum atomic E-state index is -0.267. The molecular weight excluding hydrogens is 612 g/mol. The molecule has 174 valence electrons. The molecule has 0 unspecified atom stereocenters. The molecular formula is C27H17Br2ClN2O2S. The maximum absolute atomic E-state index is 13.8. The number of rotatable bonds is 2. The van der Waals surface area contributed by atoms with Gasteiger partial charge in [0.2, 0.25) is 0 Å². The number of aromatic nitrogens is 1. The standard InChI is InChI=1S/C27H17Br2ClN2O2S/c28-17-11-16(25(33)21(29)13-17)12-22-26(34)32-24(15-5-8-18(30)9-6-15)20-10-7-14-3-1-2-4-19(14)23(20)31-27(32)35-22/h1-6,8-9,11-13,24,33H,7,10H2/b22-12+/t24-/m1/s1. The average molecular weight is 629 g/mol. The summed E-state index contributed by atoms with van der Waals surface area (Å²) in [5.41, 5.74) is 5.90. The van der Waals surface area contributed by atoms with Gasteiger partial charge in [0.25, 0.3) is 5.56 Å². The number of phenols is 1. The molecule has 4 aromatic rings. The number of fused-ring (bicyclic) bond motifs is 3. The van der Waals surface area contributed by atoms with Crippen molar-refractivity contribution in [3.05, 3.63) is 122 Å². The van der Waals surface area contributed by atoms with Gasteiger partial charge in [0, 0.05) is 20.6 Å². The molecule has 8 heteroatoms. The van der Waals surface area contributed by atoms with Crippen LogP contribution < -0.4 is 14.9 Å². The third-order valence-electron chi connectivity index (χ3n) is 6.40. The molecule has 0 fully saturated rings. The summed E-state index contributed by atoms with van der Waals surface area (Å²) in [5.74, 6) is 0.0847. The first-order valence-electron chi connectivity index (χ1n) is 11.0. The average Bonchev–Trinajstić information content (AvgIpc) is 3.16. The molecule has 2 aliphatic rings. The summed E-state index contributed by atoms with van der Waals surface area (Å²) in [7, 11) is 0. The lowest BCUT2D eigenvalue weighted by Crippen LogP contribution is -2.38. The third kappa shape index (κ3) is 3.95. The number of aryl methyl sites for hydroxylation is 1. The molecule has 1 aromatic heterocycles. The Hall–Kier alpha value is -2.45. The van der Waals surface area contributed by atoms with Gasteiger partial charge in [-0.25, -0.2) is 4.99 Å². The van der Waals surface area contributed by atoms with Crippen LogP contribution in [0, 0.1) is 0 Å². The molecule has 0 saturated carbocycles. The van der Waals surface area contributed by atoms with Gasteiger partial charge in [0.1, 0.15) is 5.75 Å². The molecule has 0 bridgehead atoms. The molecule has 1 atom stereocenters. The molecule has 6 rings (SSSR count). The van der Waals surface area contributed by atoms with Crippen molar-refractivity contribution in [1.29, 1.82) is 0 Å². The second kappa shape index (κ2) is 8.89. The Morgan fingerprint density at radius 1 is 1.09 bits per heavy atom. The fourth-order valence-corrected chi connectivity index (χ4v) is 7.18. The second-order valence-electron chi connectivity index (χ2n) is 8.49. The van der Waals surface area contributed by atoms with E-state index in [1.807, 2.05) is 30.3 Å². The molecule has 0 saturated heterocycles. The number of nitrogens with zero attached hydrogens (tertiary/aromatic N) is 2. The number of halogens is 3. The summed E-state index contributed by atoms with van der Waals surface area (Å²) < 4.78 is 3.65. The first kappa shape index (κ1) is 23.0. The van der Waals surface area contributed by atoms with E-state index in [-0.39, 0.29) is 17.4 Å². The highest BCUT2D eigenvalue weighted by Gasteiger charge is 2.32. The number of aromatic hydroxyl groups is 1. The van der Waals surface area contributed by atoms with Crippen LogP contribution in [0.5, 0.6) is 5.75 Å². The summed E-state index contributed by atoms with van der Waals surface area (Å²) in [6.07, 6.45) is 3.45. The van der Waals surface area contributed by atoms with Crippen LogP contribution in [0.4, 0.5) is 0 Å². The Kier molecular flexibility index (Phi) is 5.84. The largest absolute Gasteiger partial charge is 0.506 e. The van der Waals surface area contributed by atoms with Crippen molar-refractivity contribution in [2.75, 3.05) is 0 Å². The molecule has 1 aliphatic carbocycles. The van der Waals surface area contributed by atoms with Crippen LogP contribution in [-0.2, 0) is 6.42 Å². The number of thiazole rings is 1. The van der Waals surface area contributed by atoms with E-state index < -0.39 is 0 Å². The first-order chi connectivity index (χ1) is 16.9. The Morgan fingerprint density at radius 3 is 2.66 bits per heavy atom. The van der Waals surface area contributed by atoms with E-state index >= 15 is 0 Å². The van der Waals surface area contributed by atoms with Crippen LogP contribution >= 0.6 is 54.8 Å². The van der Waals surface area contributed by atoms with Gasteiger partial charge in [-0.15, -0.1) is 0 Å². The summed E-state index contributed by atoms with van der Waals surface area (Å²) in [5, 5.41) is 11.2. The van der Waals surface area contributed by atoms with Gasteiger partial charge in [-0.3, -0.25) is 9.36 Å². The smallest absolute Gasteiger partial charge is 0.271 e. The fraction of sp³-hybridized carbons (Fsp3) is 0.111. The first-order valence-corrected chi connectivity index (χ1v) is 13.8. The van der Waals surface area contributed by atoms with Gasteiger partial charge in [-0.05, 0) is 75.8 Å². The van der Waals surface area contributed by atoms with Crippen molar-refractivity contribution in [3.63, 3.8) is 0 Å². The van der Waals surface area contributed by atoms with Crippen molar-refractivity contribution < 1.29 is 5.11 Å². The monoisotopic (exact) mass is 626 g/mol. The van der Waals surface area contributed by atoms with Gasteiger partial charge in [-0.2, -0.15) is 0 Å². The summed E-state index contributed by atoms with van der Waals surface area (Å²) in [6, 6.07) is 19.3. The predicted octanol–water partition coefficient (Wildman–Crippen LogP) is 6.20. The maximum Gasteiger partial charge on any atom is 0.271 e. The Bertz CT molecular complexity index is 1720. The lowest BCUT2D eigenvalue weighted by Gasteiger charge is -2.30. The van der Waals surface area contributed by atoms with Crippen molar-refractivity contribution in [3.8, 4) is 5.75 Å². The quantitative estimate of drug-likeness (QED) is 0.288. The van der Waals surface area contributed by atoms with Gasteiger partial charge in [-0.1, -0.05) is 75.3 Å². The van der Waals surface area contributed by atoms with Gasteiger partial charge < -0.3 is 5.11 Å². The highest BCUT2D eigenvalue weighted by atomic mass is 79.9. The van der Waals surface area contributed by atoms with E-state index in [1.165, 1.54) is 16.9 Å². The third-order valence-corrected chi connectivity index (χ3v) is 8.70. The second-order valence-corrected chi connectivity index (χ2v) is 11.7. The molecule has 3 aromatic carbocycles. The zero-order valence-corrected chi connectivity index (χ0v) is 22.9. The Labute approximate surface area is 226 Å². The van der Waals surface area contributed by atoms with E-state index in [4.69, 9.17) is 16.6 Å². The van der Waals surface area contributed by atoms with Crippen molar-refractivity contribution in [2.24, 2.45) is 4.99 Å². The van der Waals surface area contributed by atoms with E-state index in [2.05, 4.69) is 50.1 Å². The number of phenolic OH excluding ortho intramolecular Hbond substituents is 1. The van der Waals surface area contributed by atoms with Crippen molar-refractivity contribution >= 4 is 66.6 Å². The minimum Gasteiger partial charge on any atom is -0.506 e. The fourth-order valence-electron chi connectivity index (χ4n) is 4.80. The van der Waals surface area contributed by atoms with Crippen molar-refractivity contribution in [1.82, 2.24) is 4.57 Å². The lowest BCUT2D eigenvalue weighted by molar-refractivity contribution is 0.470. The van der Waals surface area contributed by atoms with E-state index in [9.17, 15) is 9.90 Å². The molecule has 0 radical (unpaired) electrons. The highest BCUT2D eigenvalue weighted by molar-refractivity contribution is 9.11. The van der Waals surface area contributed by atoms with Gasteiger partial charge in [0.05, 0.1) is 20.7 Å². The number of allylic oxidation sites excluding steroid dienone is 1. The van der Waals surface area contributed by atoms with Crippen molar-refractivity contribution in [2.45, 2.75) is 18.9 Å². The SMILES string of the molecule is O=c1/c(=C\c2cc(Br)cc(Br)c2O)sc2n1[C@H](c1ccc(Cl)cc1)C1=C(N=2)c2ccccc2CC1. The zero-order valence-electron chi connectivity index (χ0n) is 18.1. The number of hydrogen-bond donors (Lipinski definition) is 1. The number of benzene rings is 3. The molecule has 35 heavy (non-hydrogen) atoms. The van der Waals surface area contributed by atoms with Gasteiger partial charge in [0.15, 0.2) is 4.80 Å². The topological polar surface area (TPSA) is 54.6 Å².